The fourth-order valence-electron chi connectivity index (χ4n) is 0.959. The maximum absolute atomic E-state index is 10.5. The molecule has 5 nitrogen and oxygen atoms in total. The lowest BCUT2D eigenvalue weighted by molar-refractivity contribution is -0.384. The summed E-state index contributed by atoms with van der Waals surface area (Å²) in [6, 6.07) is 4.01. The molecule has 0 amide bonds. The minimum absolute atomic E-state index is 0.0741. The van der Waals surface area contributed by atoms with Crippen molar-refractivity contribution in [3.05, 3.63) is 45.5 Å². The number of hydrogen-bond acceptors (Lipinski definition) is 4. The van der Waals surface area contributed by atoms with Gasteiger partial charge in [-0.1, -0.05) is 18.2 Å². The summed E-state index contributed by atoms with van der Waals surface area (Å²) < 4.78 is 5.29. The second kappa shape index (κ2) is 5.48. The molecule has 6 heteroatoms. The zero-order chi connectivity index (χ0) is 12.1. The highest BCUT2D eigenvalue weighted by molar-refractivity contribution is 6.32. The average molecular weight is 243 g/mol. The molecule has 86 valence electrons. The van der Waals surface area contributed by atoms with Crippen LogP contribution in [-0.4, -0.2) is 18.1 Å². The second-order valence-electron chi connectivity index (χ2n) is 3.11. The molecule has 0 fully saturated rings. The van der Waals surface area contributed by atoms with Crippen LogP contribution in [0.15, 0.2) is 30.4 Å². The average Bonchev–Trinajstić information content (AvgIpc) is 2.26. The molecular weight excluding hydrogens is 232 g/mol. The number of hydrogen-bond donors (Lipinski definition) is 1. The van der Waals surface area contributed by atoms with Crippen molar-refractivity contribution >= 4 is 17.3 Å². The molecule has 0 heterocycles. The molecule has 0 aliphatic rings. The molecular formula is C10H11ClN2O3. The highest BCUT2D eigenvalue weighted by Gasteiger charge is 2.10. The van der Waals surface area contributed by atoms with Gasteiger partial charge >= 0.3 is 0 Å². The molecule has 0 bridgehead atoms. The van der Waals surface area contributed by atoms with Gasteiger partial charge in [-0.2, -0.15) is 0 Å². The van der Waals surface area contributed by atoms with Gasteiger partial charge in [-0.25, -0.2) is 0 Å². The number of nitro benzene ring substituents is 1. The van der Waals surface area contributed by atoms with Crippen molar-refractivity contribution in [1.82, 2.24) is 0 Å². The van der Waals surface area contributed by atoms with Crippen LogP contribution in [0.5, 0.6) is 5.75 Å². The minimum atomic E-state index is -0.519. The van der Waals surface area contributed by atoms with Crippen molar-refractivity contribution in [2.75, 3.05) is 13.2 Å². The van der Waals surface area contributed by atoms with E-state index in [2.05, 4.69) is 6.58 Å². The van der Waals surface area contributed by atoms with E-state index >= 15 is 0 Å². The van der Waals surface area contributed by atoms with Crippen LogP contribution >= 0.6 is 11.6 Å². The Morgan fingerprint density at radius 2 is 2.31 bits per heavy atom. The molecule has 1 aromatic rings. The standard InChI is InChI=1S/C10H11ClN2O3/c1-7(5-12)6-16-10-3-2-8(13(14)15)4-9(10)11/h2-4H,1,5-6,12H2. The van der Waals surface area contributed by atoms with E-state index in [9.17, 15) is 10.1 Å². The van der Waals surface area contributed by atoms with Gasteiger partial charge in [0.2, 0.25) is 0 Å². The highest BCUT2D eigenvalue weighted by atomic mass is 35.5. The predicted octanol–water partition coefficient (Wildman–Crippen LogP) is 2.14. The van der Waals surface area contributed by atoms with Gasteiger partial charge in [-0.15, -0.1) is 0 Å². The van der Waals surface area contributed by atoms with E-state index in [-0.39, 0.29) is 17.3 Å². The van der Waals surface area contributed by atoms with Crippen molar-refractivity contribution in [1.29, 1.82) is 0 Å². The Morgan fingerprint density at radius 3 is 2.81 bits per heavy atom. The Labute approximate surface area is 97.6 Å². The number of nitro groups is 1. The van der Waals surface area contributed by atoms with E-state index in [0.29, 0.717) is 12.3 Å². The van der Waals surface area contributed by atoms with Gasteiger partial charge in [0.05, 0.1) is 9.95 Å². The second-order valence-corrected chi connectivity index (χ2v) is 3.52. The lowest BCUT2D eigenvalue weighted by Gasteiger charge is -2.08. The van der Waals surface area contributed by atoms with Crippen molar-refractivity contribution in [2.24, 2.45) is 5.73 Å². The molecule has 2 N–H and O–H groups in total. The Morgan fingerprint density at radius 1 is 1.62 bits per heavy atom. The lowest BCUT2D eigenvalue weighted by Crippen LogP contribution is -2.10. The maximum Gasteiger partial charge on any atom is 0.271 e. The van der Waals surface area contributed by atoms with Crippen molar-refractivity contribution in [3.8, 4) is 5.75 Å². The summed E-state index contributed by atoms with van der Waals surface area (Å²) in [5.41, 5.74) is 5.98. The summed E-state index contributed by atoms with van der Waals surface area (Å²) in [5, 5.41) is 10.6. The number of nitrogens with two attached hydrogens (primary N) is 1. The summed E-state index contributed by atoms with van der Waals surface area (Å²) in [5.74, 6) is 0.377. The fourth-order valence-corrected chi connectivity index (χ4v) is 1.19. The van der Waals surface area contributed by atoms with E-state index < -0.39 is 4.92 Å². The molecule has 1 rings (SSSR count). The van der Waals surface area contributed by atoms with Gasteiger partial charge in [-0.05, 0) is 11.6 Å². The van der Waals surface area contributed by atoms with Gasteiger partial charge < -0.3 is 10.5 Å². The SMILES string of the molecule is C=C(CN)COc1ccc([N+](=O)[O-])cc1Cl. The Kier molecular flexibility index (Phi) is 4.28. The van der Waals surface area contributed by atoms with Crippen molar-refractivity contribution in [2.45, 2.75) is 0 Å². The molecule has 0 saturated carbocycles. The topological polar surface area (TPSA) is 78.4 Å². The molecule has 0 saturated heterocycles. The van der Waals surface area contributed by atoms with Gasteiger partial charge in [0.15, 0.2) is 0 Å². The number of nitrogens with zero attached hydrogens (tertiary/aromatic N) is 1. The lowest BCUT2D eigenvalue weighted by atomic mass is 10.3. The maximum atomic E-state index is 10.5. The monoisotopic (exact) mass is 242 g/mol. The van der Waals surface area contributed by atoms with Crippen LogP contribution in [0.3, 0.4) is 0 Å². The summed E-state index contributed by atoms with van der Waals surface area (Å²) >= 11 is 5.81. The number of ether oxygens (including phenoxy) is 1. The van der Waals surface area contributed by atoms with Crippen LogP contribution in [-0.2, 0) is 0 Å². The third-order valence-corrected chi connectivity index (χ3v) is 2.14. The minimum Gasteiger partial charge on any atom is -0.488 e. The first-order chi connectivity index (χ1) is 7.54. The van der Waals surface area contributed by atoms with Gasteiger partial charge in [0, 0.05) is 18.7 Å². The van der Waals surface area contributed by atoms with E-state index in [1.54, 1.807) is 0 Å². The molecule has 1 aromatic carbocycles. The van der Waals surface area contributed by atoms with Crippen molar-refractivity contribution < 1.29 is 9.66 Å². The van der Waals surface area contributed by atoms with Crippen LogP contribution < -0.4 is 10.5 Å². The predicted molar refractivity (Wildman–Crippen MR) is 61.8 cm³/mol. The van der Waals surface area contributed by atoms with Crippen LogP contribution in [0, 0.1) is 10.1 Å². The molecule has 0 aliphatic carbocycles. The molecule has 0 atom stereocenters. The third-order valence-electron chi connectivity index (χ3n) is 1.85. The Bertz CT molecular complexity index is 421. The smallest absolute Gasteiger partial charge is 0.271 e. The number of rotatable bonds is 5. The number of halogens is 1. The van der Waals surface area contributed by atoms with Crippen LogP contribution in [0.2, 0.25) is 5.02 Å². The largest absolute Gasteiger partial charge is 0.488 e. The van der Waals surface area contributed by atoms with Crippen molar-refractivity contribution in [3.63, 3.8) is 0 Å². The normalized spacial score (nSPS) is 9.88. The van der Waals surface area contributed by atoms with E-state index in [1.807, 2.05) is 0 Å². The zero-order valence-corrected chi connectivity index (χ0v) is 9.24. The molecule has 0 aromatic heterocycles. The third kappa shape index (κ3) is 3.22. The van der Waals surface area contributed by atoms with Crippen LogP contribution in [0.1, 0.15) is 0 Å². The number of benzene rings is 1. The number of non-ortho nitro benzene ring substituents is 1. The van der Waals surface area contributed by atoms with E-state index in [1.165, 1.54) is 18.2 Å². The van der Waals surface area contributed by atoms with Gasteiger partial charge in [0.25, 0.3) is 5.69 Å². The molecule has 16 heavy (non-hydrogen) atoms. The summed E-state index contributed by atoms with van der Waals surface area (Å²) in [6.45, 7) is 4.23. The quantitative estimate of drug-likeness (QED) is 0.487. The first kappa shape index (κ1) is 12.5. The summed E-state index contributed by atoms with van der Waals surface area (Å²) in [7, 11) is 0. The zero-order valence-electron chi connectivity index (χ0n) is 8.48. The first-order valence-electron chi connectivity index (χ1n) is 4.48. The Hall–Kier alpha value is -1.59. The summed E-state index contributed by atoms with van der Waals surface area (Å²) in [4.78, 5) is 9.93. The highest BCUT2D eigenvalue weighted by Crippen LogP contribution is 2.28. The molecule has 0 aliphatic heterocycles. The van der Waals surface area contributed by atoms with Gasteiger partial charge in [-0.3, -0.25) is 10.1 Å². The fraction of sp³-hybridized carbons (Fsp3) is 0.200. The molecule has 0 spiro atoms. The Balaban J connectivity index is 2.75. The molecule has 0 radical (unpaired) electrons. The van der Waals surface area contributed by atoms with E-state index in [4.69, 9.17) is 22.1 Å². The first-order valence-corrected chi connectivity index (χ1v) is 4.86. The van der Waals surface area contributed by atoms with Crippen LogP contribution in [0.25, 0.3) is 0 Å². The van der Waals surface area contributed by atoms with Crippen LogP contribution in [0.4, 0.5) is 5.69 Å². The van der Waals surface area contributed by atoms with E-state index in [0.717, 1.165) is 5.57 Å². The summed E-state index contributed by atoms with van der Waals surface area (Å²) in [6.07, 6.45) is 0. The van der Waals surface area contributed by atoms with Gasteiger partial charge in [0.1, 0.15) is 12.4 Å². The molecule has 0 unspecified atom stereocenters.